The minimum atomic E-state index is -0.364. The molecule has 0 spiro atoms. The summed E-state index contributed by atoms with van der Waals surface area (Å²) in [6.45, 7) is 4.72. The van der Waals surface area contributed by atoms with Crippen molar-refractivity contribution in [3.05, 3.63) is 66.2 Å². The van der Waals surface area contributed by atoms with E-state index in [2.05, 4.69) is 20.2 Å². The number of carbonyl (C=O) groups is 1. The van der Waals surface area contributed by atoms with Gasteiger partial charge in [0.25, 0.3) is 0 Å². The van der Waals surface area contributed by atoms with Crippen molar-refractivity contribution in [2.24, 2.45) is 0 Å². The molecule has 0 atom stereocenters. The molecule has 3 aromatic rings. The van der Waals surface area contributed by atoms with Gasteiger partial charge in [0.2, 0.25) is 0 Å². The van der Waals surface area contributed by atoms with Crippen molar-refractivity contribution in [3.63, 3.8) is 0 Å². The lowest BCUT2D eigenvalue weighted by Gasteiger charge is -2.37. The molecule has 9 heteroatoms. The summed E-state index contributed by atoms with van der Waals surface area (Å²) in [5.41, 5.74) is 8.62. The number of hydrogen-bond donors (Lipinski definition) is 2. The Morgan fingerprint density at radius 1 is 1.06 bits per heavy atom. The molecule has 0 saturated carbocycles. The smallest absolute Gasteiger partial charge is 0.338 e. The van der Waals surface area contributed by atoms with Crippen LogP contribution in [-0.4, -0.2) is 48.7 Å². The number of nitrogens with zero attached hydrogens (tertiary/aromatic N) is 4. The molecule has 32 heavy (non-hydrogen) atoms. The van der Waals surface area contributed by atoms with Gasteiger partial charge in [-0.05, 0) is 43.3 Å². The molecular weight excluding hydrogens is 411 g/mol. The normalized spacial score (nSPS) is 13.7. The fourth-order valence-corrected chi connectivity index (χ4v) is 3.65. The van der Waals surface area contributed by atoms with Gasteiger partial charge < -0.3 is 25.6 Å². The van der Waals surface area contributed by atoms with Crippen LogP contribution < -0.4 is 20.9 Å². The van der Waals surface area contributed by atoms with Crippen molar-refractivity contribution >= 4 is 34.7 Å². The number of piperazine rings is 1. The van der Waals surface area contributed by atoms with E-state index in [1.54, 1.807) is 43.3 Å². The van der Waals surface area contributed by atoms with Gasteiger partial charge in [-0.25, -0.2) is 19.2 Å². The number of para-hydroxylation sites is 1. The molecule has 1 aromatic heterocycles. The van der Waals surface area contributed by atoms with Crippen LogP contribution in [0.2, 0.25) is 0 Å². The Bertz CT molecular complexity index is 1080. The minimum Gasteiger partial charge on any atom is -0.462 e. The zero-order valence-corrected chi connectivity index (χ0v) is 17.8. The molecule has 3 N–H and O–H groups in total. The molecule has 0 bridgehead atoms. The van der Waals surface area contributed by atoms with E-state index in [4.69, 9.17) is 10.5 Å². The van der Waals surface area contributed by atoms with E-state index in [9.17, 15) is 9.18 Å². The number of hydrogen-bond acceptors (Lipinski definition) is 8. The third-order valence-corrected chi connectivity index (χ3v) is 5.29. The molecule has 0 amide bonds. The van der Waals surface area contributed by atoms with Crippen molar-refractivity contribution in [3.8, 4) is 0 Å². The number of aromatic nitrogens is 2. The van der Waals surface area contributed by atoms with Crippen molar-refractivity contribution in [2.75, 3.05) is 53.6 Å². The molecule has 8 nitrogen and oxygen atoms in total. The van der Waals surface area contributed by atoms with Crippen molar-refractivity contribution in [1.82, 2.24) is 9.97 Å². The summed E-state index contributed by atoms with van der Waals surface area (Å²) in [5, 5.41) is 3.18. The number of anilines is 5. The first-order chi connectivity index (χ1) is 15.6. The highest BCUT2D eigenvalue weighted by Gasteiger charge is 2.23. The summed E-state index contributed by atoms with van der Waals surface area (Å²) in [6, 6.07) is 13.7. The topological polar surface area (TPSA) is 96.6 Å². The predicted molar refractivity (Wildman–Crippen MR) is 123 cm³/mol. The first kappa shape index (κ1) is 21.4. The second kappa shape index (κ2) is 9.51. The molecule has 1 aliphatic rings. The molecule has 1 fully saturated rings. The highest BCUT2D eigenvalue weighted by molar-refractivity contribution is 5.90. The van der Waals surface area contributed by atoms with Gasteiger partial charge in [0.1, 0.15) is 17.8 Å². The minimum absolute atomic E-state index is 0.219. The molecule has 1 aliphatic heterocycles. The van der Waals surface area contributed by atoms with Gasteiger partial charge in [-0.1, -0.05) is 12.1 Å². The Morgan fingerprint density at radius 2 is 1.75 bits per heavy atom. The van der Waals surface area contributed by atoms with Crippen molar-refractivity contribution < 1.29 is 13.9 Å². The van der Waals surface area contributed by atoms with Crippen LogP contribution in [0, 0.1) is 5.82 Å². The summed E-state index contributed by atoms with van der Waals surface area (Å²) in [6.07, 6.45) is 1.46. The van der Waals surface area contributed by atoms with Gasteiger partial charge in [0.05, 0.1) is 17.9 Å². The number of nitrogens with one attached hydrogen (secondary N) is 1. The largest absolute Gasteiger partial charge is 0.462 e. The number of esters is 1. The number of rotatable bonds is 6. The third kappa shape index (κ3) is 4.56. The first-order valence-corrected chi connectivity index (χ1v) is 10.5. The number of halogens is 1. The lowest BCUT2D eigenvalue weighted by molar-refractivity contribution is 0.0526. The standard InChI is InChI=1S/C23H25FN6O2/c1-2-32-23(31)16-7-9-17(10-8-16)28-21-20(25)22(27-15-26-21)30-13-11-29(12-14-30)19-6-4-3-5-18(19)24/h3-10,15H,2,11-14,25H2,1H3,(H,26,27,28). The molecule has 0 unspecified atom stereocenters. The van der Waals surface area contributed by atoms with Crippen LogP contribution in [-0.2, 0) is 4.74 Å². The third-order valence-electron chi connectivity index (χ3n) is 5.29. The first-order valence-electron chi connectivity index (χ1n) is 10.5. The monoisotopic (exact) mass is 436 g/mol. The van der Waals surface area contributed by atoms with Crippen LogP contribution in [0.5, 0.6) is 0 Å². The van der Waals surface area contributed by atoms with Crippen LogP contribution in [0.1, 0.15) is 17.3 Å². The number of nitrogens with two attached hydrogens (primary N) is 1. The van der Waals surface area contributed by atoms with E-state index in [0.717, 1.165) is 5.69 Å². The van der Waals surface area contributed by atoms with Crippen LogP contribution in [0.4, 0.5) is 33.1 Å². The number of carbonyl (C=O) groups excluding carboxylic acids is 1. The fraction of sp³-hybridized carbons (Fsp3) is 0.261. The summed E-state index contributed by atoms with van der Waals surface area (Å²) in [4.78, 5) is 24.5. The summed E-state index contributed by atoms with van der Waals surface area (Å²) < 4.78 is 19.1. The SMILES string of the molecule is CCOC(=O)c1ccc(Nc2ncnc(N3CCN(c4ccccc4F)CC3)c2N)cc1. The highest BCUT2D eigenvalue weighted by Crippen LogP contribution is 2.30. The lowest BCUT2D eigenvalue weighted by atomic mass is 10.2. The molecule has 166 valence electrons. The Labute approximate surface area is 185 Å². The van der Waals surface area contributed by atoms with Crippen LogP contribution in [0.15, 0.2) is 54.9 Å². The van der Waals surface area contributed by atoms with E-state index in [0.29, 0.717) is 61.4 Å². The average molecular weight is 436 g/mol. The van der Waals surface area contributed by atoms with Gasteiger partial charge in [0.15, 0.2) is 11.6 Å². The number of benzene rings is 2. The zero-order valence-electron chi connectivity index (χ0n) is 17.8. The van der Waals surface area contributed by atoms with Crippen LogP contribution in [0.3, 0.4) is 0 Å². The van der Waals surface area contributed by atoms with Gasteiger partial charge in [0, 0.05) is 31.9 Å². The molecule has 0 aliphatic carbocycles. The molecule has 0 radical (unpaired) electrons. The molecule has 2 aromatic carbocycles. The number of nitrogen functional groups attached to an aromatic ring is 1. The Hall–Kier alpha value is -3.88. The maximum atomic E-state index is 14.1. The summed E-state index contributed by atoms with van der Waals surface area (Å²) in [7, 11) is 0. The highest BCUT2D eigenvalue weighted by atomic mass is 19.1. The maximum absolute atomic E-state index is 14.1. The number of ether oxygens (including phenoxy) is 1. The molecule has 2 heterocycles. The Balaban J connectivity index is 1.44. The lowest BCUT2D eigenvalue weighted by Crippen LogP contribution is -2.47. The Kier molecular flexibility index (Phi) is 6.34. The fourth-order valence-electron chi connectivity index (χ4n) is 3.65. The van der Waals surface area contributed by atoms with Crippen LogP contribution >= 0.6 is 0 Å². The molecular formula is C23H25FN6O2. The van der Waals surface area contributed by atoms with Crippen molar-refractivity contribution in [2.45, 2.75) is 6.92 Å². The second-order valence-corrected chi connectivity index (χ2v) is 7.31. The Morgan fingerprint density at radius 3 is 2.44 bits per heavy atom. The summed E-state index contributed by atoms with van der Waals surface area (Å²) in [5.74, 6) is 0.537. The van der Waals surface area contributed by atoms with E-state index in [-0.39, 0.29) is 11.8 Å². The zero-order chi connectivity index (χ0) is 22.5. The maximum Gasteiger partial charge on any atom is 0.338 e. The van der Waals surface area contributed by atoms with E-state index in [1.807, 2.05) is 11.0 Å². The van der Waals surface area contributed by atoms with E-state index in [1.165, 1.54) is 12.4 Å². The molecule has 4 rings (SSSR count). The predicted octanol–water partition coefficient (Wildman–Crippen LogP) is 3.44. The van der Waals surface area contributed by atoms with Crippen molar-refractivity contribution in [1.29, 1.82) is 0 Å². The van der Waals surface area contributed by atoms with Crippen LogP contribution in [0.25, 0.3) is 0 Å². The quantitative estimate of drug-likeness (QED) is 0.567. The van der Waals surface area contributed by atoms with Gasteiger partial charge in [-0.15, -0.1) is 0 Å². The second-order valence-electron chi connectivity index (χ2n) is 7.31. The van der Waals surface area contributed by atoms with E-state index >= 15 is 0 Å². The van der Waals surface area contributed by atoms with Gasteiger partial charge in [-0.2, -0.15) is 0 Å². The summed E-state index contributed by atoms with van der Waals surface area (Å²) >= 11 is 0. The molecule has 1 saturated heterocycles. The van der Waals surface area contributed by atoms with E-state index < -0.39 is 0 Å². The average Bonchev–Trinajstić information content (AvgIpc) is 2.82. The van der Waals surface area contributed by atoms with Gasteiger partial charge >= 0.3 is 5.97 Å². The van der Waals surface area contributed by atoms with Gasteiger partial charge in [-0.3, -0.25) is 0 Å².